The van der Waals surface area contributed by atoms with Crippen molar-refractivity contribution in [2.75, 3.05) is 6.61 Å². The van der Waals surface area contributed by atoms with Gasteiger partial charge in [-0.05, 0) is 32.6 Å². The Hall–Kier alpha value is -0.900. The highest BCUT2D eigenvalue weighted by atomic mass is 16.5. The molecule has 4 heteroatoms. The number of hydrogen-bond donors (Lipinski definition) is 0. The van der Waals surface area contributed by atoms with E-state index in [-0.39, 0.29) is 5.60 Å². The molecule has 1 saturated heterocycles. The van der Waals surface area contributed by atoms with Crippen LogP contribution in [0.15, 0.2) is 6.33 Å². The van der Waals surface area contributed by atoms with E-state index in [1.165, 1.54) is 12.8 Å². The summed E-state index contributed by atoms with van der Waals surface area (Å²) in [6.45, 7) is 2.98. The van der Waals surface area contributed by atoms with E-state index in [1.807, 2.05) is 6.33 Å². The lowest BCUT2D eigenvalue weighted by molar-refractivity contribution is 0.00615. The number of rotatable bonds is 2. The van der Waals surface area contributed by atoms with Gasteiger partial charge in [0.2, 0.25) is 0 Å². The predicted molar refractivity (Wildman–Crippen MR) is 50.8 cm³/mol. The lowest BCUT2D eigenvalue weighted by Gasteiger charge is -2.22. The third kappa shape index (κ3) is 1.17. The maximum atomic E-state index is 5.78. The molecular formula is C10H15N3O. The standard InChI is InChI=1S/C10H15N3O/c1-10(5-2-6-14-10)9-12-11-7-13(9)8-3-4-8/h7-8H,2-6H2,1H3. The predicted octanol–water partition coefficient (Wildman–Crippen LogP) is 1.64. The maximum Gasteiger partial charge on any atom is 0.165 e. The SMILES string of the molecule is CC1(c2nncn2C2CC2)CCCO1. The van der Waals surface area contributed by atoms with Gasteiger partial charge in [-0.15, -0.1) is 10.2 Å². The molecule has 2 fully saturated rings. The van der Waals surface area contributed by atoms with Crippen molar-refractivity contribution in [2.45, 2.75) is 44.2 Å². The highest BCUT2D eigenvalue weighted by Gasteiger charge is 2.39. The quantitative estimate of drug-likeness (QED) is 0.716. The van der Waals surface area contributed by atoms with E-state index >= 15 is 0 Å². The van der Waals surface area contributed by atoms with E-state index < -0.39 is 0 Å². The van der Waals surface area contributed by atoms with Crippen molar-refractivity contribution in [2.24, 2.45) is 0 Å². The van der Waals surface area contributed by atoms with Crippen molar-refractivity contribution in [3.8, 4) is 0 Å². The summed E-state index contributed by atoms with van der Waals surface area (Å²) < 4.78 is 7.98. The zero-order valence-corrected chi connectivity index (χ0v) is 8.44. The molecule has 4 nitrogen and oxygen atoms in total. The molecule has 2 heterocycles. The van der Waals surface area contributed by atoms with E-state index in [9.17, 15) is 0 Å². The second kappa shape index (κ2) is 2.79. The Morgan fingerprint density at radius 1 is 1.57 bits per heavy atom. The zero-order valence-electron chi connectivity index (χ0n) is 8.44. The third-order valence-electron chi connectivity index (χ3n) is 3.21. The minimum atomic E-state index is -0.181. The topological polar surface area (TPSA) is 39.9 Å². The first-order chi connectivity index (χ1) is 6.80. The Morgan fingerprint density at radius 2 is 2.43 bits per heavy atom. The normalized spacial score (nSPS) is 32.4. The molecule has 1 aromatic heterocycles. The van der Waals surface area contributed by atoms with Crippen molar-refractivity contribution < 1.29 is 4.74 Å². The summed E-state index contributed by atoms with van der Waals surface area (Å²) in [5.41, 5.74) is -0.181. The van der Waals surface area contributed by atoms with Crippen molar-refractivity contribution >= 4 is 0 Å². The Labute approximate surface area is 83.3 Å². The van der Waals surface area contributed by atoms with Crippen molar-refractivity contribution in [3.63, 3.8) is 0 Å². The summed E-state index contributed by atoms with van der Waals surface area (Å²) in [4.78, 5) is 0. The highest BCUT2D eigenvalue weighted by molar-refractivity contribution is 5.06. The smallest absolute Gasteiger partial charge is 0.165 e. The average Bonchev–Trinajstić information content (AvgIpc) is 2.75. The molecule has 1 atom stereocenters. The lowest BCUT2D eigenvalue weighted by atomic mass is 10.0. The summed E-state index contributed by atoms with van der Waals surface area (Å²) in [6.07, 6.45) is 6.58. The molecule has 0 aromatic carbocycles. The second-order valence-corrected chi connectivity index (χ2v) is 4.48. The highest BCUT2D eigenvalue weighted by Crippen LogP contribution is 2.41. The van der Waals surface area contributed by atoms with Crippen LogP contribution in [0.2, 0.25) is 0 Å². The molecule has 1 saturated carbocycles. The molecule has 0 N–H and O–H groups in total. The minimum absolute atomic E-state index is 0.181. The maximum absolute atomic E-state index is 5.78. The molecule has 0 amide bonds. The first kappa shape index (κ1) is 8.41. The van der Waals surface area contributed by atoms with Crippen LogP contribution in [-0.4, -0.2) is 21.4 Å². The summed E-state index contributed by atoms with van der Waals surface area (Å²) in [5, 5.41) is 8.23. The molecule has 1 unspecified atom stereocenters. The first-order valence-corrected chi connectivity index (χ1v) is 5.33. The molecule has 1 aromatic rings. The van der Waals surface area contributed by atoms with Gasteiger partial charge in [-0.2, -0.15) is 0 Å². The molecule has 0 radical (unpaired) electrons. The lowest BCUT2D eigenvalue weighted by Crippen LogP contribution is -2.25. The molecule has 76 valence electrons. The monoisotopic (exact) mass is 193 g/mol. The van der Waals surface area contributed by atoms with Crippen LogP contribution in [0.3, 0.4) is 0 Å². The van der Waals surface area contributed by atoms with E-state index in [0.29, 0.717) is 6.04 Å². The number of nitrogens with zero attached hydrogens (tertiary/aromatic N) is 3. The van der Waals surface area contributed by atoms with E-state index in [2.05, 4.69) is 21.7 Å². The Bertz CT molecular complexity index is 337. The van der Waals surface area contributed by atoms with Crippen LogP contribution in [0.4, 0.5) is 0 Å². The van der Waals surface area contributed by atoms with Gasteiger partial charge in [-0.1, -0.05) is 0 Å². The van der Waals surface area contributed by atoms with Gasteiger partial charge in [0.15, 0.2) is 5.82 Å². The van der Waals surface area contributed by atoms with E-state index in [1.54, 1.807) is 0 Å². The number of ether oxygens (including phenoxy) is 1. The fourth-order valence-electron chi connectivity index (χ4n) is 2.20. The molecule has 1 aliphatic heterocycles. The summed E-state index contributed by atoms with van der Waals surface area (Å²) >= 11 is 0. The second-order valence-electron chi connectivity index (χ2n) is 4.48. The molecule has 14 heavy (non-hydrogen) atoms. The van der Waals surface area contributed by atoms with Gasteiger partial charge in [0.05, 0.1) is 0 Å². The van der Waals surface area contributed by atoms with Gasteiger partial charge < -0.3 is 9.30 Å². The molecule has 3 rings (SSSR count). The molecule has 0 spiro atoms. The van der Waals surface area contributed by atoms with Gasteiger partial charge in [-0.3, -0.25) is 0 Å². The Balaban J connectivity index is 1.97. The summed E-state index contributed by atoms with van der Waals surface area (Å²) in [6, 6.07) is 0.640. The van der Waals surface area contributed by atoms with E-state index in [0.717, 1.165) is 25.3 Å². The van der Waals surface area contributed by atoms with Gasteiger partial charge in [0.1, 0.15) is 11.9 Å². The van der Waals surface area contributed by atoms with Crippen molar-refractivity contribution in [3.05, 3.63) is 12.2 Å². The zero-order chi connectivity index (χ0) is 9.60. The van der Waals surface area contributed by atoms with Crippen LogP contribution in [0.25, 0.3) is 0 Å². The molecule has 1 aliphatic carbocycles. The fraction of sp³-hybridized carbons (Fsp3) is 0.800. The Kier molecular flexibility index (Phi) is 1.68. The summed E-state index contributed by atoms with van der Waals surface area (Å²) in [7, 11) is 0. The summed E-state index contributed by atoms with van der Waals surface area (Å²) in [5.74, 6) is 1.03. The molecule has 0 bridgehead atoms. The van der Waals surface area contributed by atoms with Gasteiger partial charge in [0.25, 0.3) is 0 Å². The van der Waals surface area contributed by atoms with E-state index in [4.69, 9.17) is 4.74 Å². The van der Waals surface area contributed by atoms with Crippen LogP contribution in [0.5, 0.6) is 0 Å². The van der Waals surface area contributed by atoms with Crippen LogP contribution in [-0.2, 0) is 10.3 Å². The average molecular weight is 193 g/mol. The first-order valence-electron chi connectivity index (χ1n) is 5.33. The van der Waals surface area contributed by atoms with Crippen LogP contribution in [0.1, 0.15) is 44.5 Å². The van der Waals surface area contributed by atoms with Gasteiger partial charge in [0, 0.05) is 12.6 Å². The fourth-order valence-corrected chi connectivity index (χ4v) is 2.20. The Morgan fingerprint density at radius 3 is 3.07 bits per heavy atom. The van der Waals surface area contributed by atoms with Crippen LogP contribution in [0, 0.1) is 0 Å². The largest absolute Gasteiger partial charge is 0.367 e. The van der Waals surface area contributed by atoms with Crippen LogP contribution >= 0.6 is 0 Å². The van der Waals surface area contributed by atoms with Crippen molar-refractivity contribution in [1.29, 1.82) is 0 Å². The van der Waals surface area contributed by atoms with Crippen molar-refractivity contribution in [1.82, 2.24) is 14.8 Å². The van der Waals surface area contributed by atoms with Gasteiger partial charge >= 0.3 is 0 Å². The molecular weight excluding hydrogens is 178 g/mol. The number of hydrogen-bond acceptors (Lipinski definition) is 3. The molecule has 2 aliphatic rings. The minimum Gasteiger partial charge on any atom is -0.367 e. The number of aromatic nitrogens is 3. The van der Waals surface area contributed by atoms with Crippen LogP contribution < -0.4 is 0 Å². The van der Waals surface area contributed by atoms with Gasteiger partial charge in [-0.25, -0.2) is 0 Å². The third-order valence-corrected chi connectivity index (χ3v) is 3.21.